The van der Waals surface area contributed by atoms with Gasteiger partial charge in [-0.2, -0.15) is 0 Å². The second-order valence-electron chi connectivity index (χ2n) is 5.41. The summed E-state index contributed by atoms with van der Waals surface area (Å²) in [6, 6.07) is 6.10. The minimum Gasteiger partial charge on any atom is -0.493 e. The molecule has 0 heterocycles. The van der Waals surface area contributed by atoms with Crippen molar-refractivity contribution < 1.29 is 14.6 Å². The van der Waals surface area contributed by atoms with Crippen LogP contribution in [0.15, 0.2) is 18.2 Å². The average molecular weight is 287 g/mol. The van der Waals surface area contributed by atoms with E-state index in [1.165, 1.54) is 5.56 Å². The second-order valence-corrected chi connectivity index (χ2v) is 5.41. The molecule has 0 amide bonds. The molecule has 0 bridgehead atoms. The maximum Gasteiger partial charge on any atom is 0.309 e. The van der Waals surface area contributed by atoms with E-state index in [0.29, 0.717) is 13.0 Å². The number of halogens is 1. The van der Waals surface area contributed by atoms with Crippen LogP contribution in [0.1, 0.15) is 37.8 Å². The first-order valence-electron chi connectivity index (χ1n) is 6.26. The SMILES string of the molecule is Cc1ccc(C)c(OCCCC(C)(C)C(=O)O)c1.Cl. The van der Waals surface area contributed by atoms with Crippen LogP contribution in [0.4, 0.5) is 0 Å². The first kappa shape index (κ1) is 17.8. The van der Waals surface area contributed by atoms with Crippen LogP contribution < -0.4 is 4.74 Å². The number of hydrogen-bond donors (Lipinski definition) is 1. The molecule has 19 heavy (non-hydrogen) atoms. The van der Waals surface area contributed by atoms with Crippen molar-refractivity contribution in [3.05, 3.63) is 29.3 Å². The third kappa shape index (κ3) is 5.52. The highest BCUT2D eigenvalue weighted by molar-refractivity contribution is 5.85. The summed E-state index contributed by atoms with van der Waals surface area (Å²) in [5, 5.41) is 9.00. The van der Waals surface area contributed by atoms with E-state index in [1.54, 1.807) is 13.8 Å². The lowest BCUT2D eigenvalue weighted by molar-refractivity contribution is -0.147. The van der Waals surface area contributed by atoms with Gasteiger partial charge in [-0.05, 0) is 57.7 Å². The number of ether oxygens (including phenoxy) is 1. The van der Waals surface area contributed by atoms with Crippen LogP contribution in [-0.4, -0.2) is 17.7 Å². The fourth-order valence-corrected chi connectivity index (χ4v) is 1.67. The maximum absolute atomic E-state index is 10.9. The molecule has 4 heteroatoms. The Morgan fingerprint density at radius 2 is 1.95 bits per heavy atom. The number of carboxylic acids is 1. The van der Waals surface area contributed by atoms with Crippen LogP contribution in [-0.2, 0) is 4.79 Å². The lowest BCUT2D eigenvalue weighted by atomic mass is 9.88. The first-order valence-corrected chi connectivity index (χ1v) is 6.26. The molecule has 0 unspecified atom stereocenters. The van der Waals surface area contributed by atoms with Gasteiger partial charge in [0.25, 0.3) is 0 Å². The molecular weight excluding hydrogens is 264 g/mol. The topological polar surface area (TPSA) is 46.5 Å². The molecule has 1 N–H and O–H groups in total. The molecule has 1 aromatic rings. The van der Waals surface area contributed by atoms with Crippen molar-refractivity contribution in [2.45, 2.75) is 40.5 Å². The smallest absolute Gasteiger partial charge is 0.309 e. The van der Waals surface area contributed by atoms with E-state index in [1.807, 2.05) is 26.0 Å². The average Bonchev–Trinajstić information content (AvgIpc) is 2.28. The van der Waals surface area contributed by atoms with E-state index in [0.717, 1.165) is 17.7 Å². The molecule has 3 nitrogen and oxygen atoms in total. The van der Waals surface area contributed by atoms with Gasteiger partial charge in [0, 0.05) is 0 Å². The van der Waals surface area contributed by atoms with E-state index in [-0.39, 0.29) is 12.4 Å². The van der Waals surface area contributed by atoms with Gasteiger partial charge in [-0.15, -0.1) is 12.4 Å². The standard InChI is InChI=1S/C15H22O3.ClH/c1-11-6-7-12(2)13(10-11)18-9-5-8-15(3,4)14(16)17;/h6-7,10H,5,8-9H2,1-4H3,(H,16,17);1H. The summed E-state index contributed by atoms with van der Waals surface area (Å²) in [7, 11) is 0. The third-order valence-electron chi connectivity index (χ3n) is 3.13. The summed E-state index contributed by atoms with van der Waals surface area (Å²) in [5.41, 5.74) is 1.60. The number of carboxylic acid groups (broad SMARTS) is 1. The van der Waals surface area contributed by atoms with Gasteiger partial charge < -0.3 is 9.84 Å². The molecular formula is C15H23ClO3. The highest BCUT2D eigenvalue weighted by Gasteiger charge is 2.26. The minimum atomic E-state index is -0.755. The van der Waals surface area contributed by atoms with Crippen molar-refractivity contribution >= 4 is 18.4 Å². The van der Waals surface area contributed by atoms with Gasteiger partial charge in [-0.25, -0.2) is 0 Å². The van der Waals surface area contributed by atoms with Crippen molar-refractivity contribution in [2.24, 2.45) is 5.41 Å². The van der Waals surface area contributed by atoms with Crippen LogP contribution in [0.25, 0.3) is 0 Å². The zero-order valence-electron chi connectivity index (χ0n) is 12.0. The first-order chi connectivity index (χ1) is 8.33. The molecule has 0 saturated carbocycles. The Morgan fingerprint density at radius 3 is 2.53 bits per heavy atom. The molecule has 0 saturated heterocycles. The van der Waals surface area contributed by atoms with Crippen molar-refractivity contribution in [2.75, 3.05) is 6.61 Å². The molecule has 0 aromatic heterocycles. The van der Waals surface area contributed by atoms with E-state index in [9.17, 15) is 4.79 Å². The molecule has 1 rings (SSSR count). The van der Waals surface area contributed by atoms with E-state index in [4.69, 9.17) is 9.84 Å². The van der Waals surface area contributed by atoms with Gasteiger partial charge in [-0.3, -0.25) is 4.79 Å². The number of aliphatic carboxylic acids is 1. The van der Waals surface area contributed by atoms with Crippen molar-refractivity contribution in [3.8, 4) is 5.75 Å². The highest BCUT2D eigenvalue weighted by atomic mass is 35.5. The van der Waals surface area contributed by atoms with Crippen molar-refractivity contribution in [3.63, 3.8) is 0 Å². The zero-order chi connectivity index (χ0) is 13.8. The predicted molar refractivity (Wildman–Crippen MR) is 79.3 cm³/mol. The molecule has 0 aliphatic heterocycles. The molecule has 0 spiro atoms. The fourth-order valence-electron chi connectivity index (χ4n) is 1.67. The molecule has 0 aliphatic carbocycles. The van der Waals surface area contributed by atoms with Gasteiger partial charge in [0.05, 0.1) is 12.0 Å². The molecule has 108 valence electrons. The Hall–Kier alpha value is -1.22. The predicted octanol–water partition coefficient (Wildman–Crippen LogP) is 4.00. The van der Waals surface area contributed by atoms with Crippen LogP contribution in [0, 0.1) is 19.3 Å². The number of rotatable bonds is 6. The fraction of sp³-hybridized carbons (Fsp3) is 0.533. The number of carbonyl (C=O) groups is 1. The number of hydrogen-bond acceptors (Lipinski definition) is 2. The summed E-state index contributed by atoms with van der Waals surface area (Å²) >= 11 is 0. The van der Waals surface area contributed by atoms with Crippen LogP contribution in [0.3, 0.4) is 0 Å². The van der Waals surface area contributed by atoms with Gasteiger partial charge in [-0.1, -0.05) is 12.1 Å². The molecule has 0 fully saturated rings. The summed E-state index contributed by atoms with van der Waals surface area (Å²) in [4.78, 5) is 10.9. The summed E-state index contributed by atoms with van der Waals surface area (Å²) in [5.74, 6) is 0.136. The molecule has 0 radical (unpaired) electrons. The van der Waals surface area contributed by atoms with E-state index < -0.39 is 11.4 Å². The lowest BCUT2D eigenvalue weighted by Crippen LogP contribution is -2.24. The molecule has 0 aliphatic rings. The van der Waals surface area contributed by atoms with Gasteiger partial charge in [0.15, 0.2) is 0 Å². The Balaban J connectivity index is 0.00000324. The summed E-state index contributed by atoms with van der Waals surface area (Å²) < 4.78 is 5.70. The Bertz CT molecular complexity index is 427. The zero-order valence-corrected chi connectivity index (χ0v) is 12.8. The van der Waals surface area contributed by atoms with Gasteiger partial charge in [0.2, 0.25) is 0 Å². The van der Waals surface area contributed by atoms with Crippen LogP contribution >= 0.6 is 12.4 Å². The van der Waals surface area contributed by atoms with Crippen LogP contribution in [0.5, 0.6) is 5.75 Å². The third-order valence-corrected chi connectivity index (χ3v) is 3.13. The van der Waals surface area contributed by atoms with E-state index in [2.05, 4.69) is 6.07 Å². The maximum atomic E-state index is 10.9. The summed E-state index contributed by atoms with van der Waals surface area (Å²) in [6.45, 7) is 8.08. The van der Waals surface area contributed by atoms with Crippen LogP contribution in [0.2, 0.25) is 0 Å². The number of benzene rings is 1. The van der Waals surface area contributed by atoms with Crippen molar-refractivity contribution in [1.29, 1.82) is 0 Å². The Morgan fingerprint density at radius 1 is 1.32 bits per heavy atom. The molecule has 0 atom stereocenters. The molecule has 1 aromatic carbocycles. The monoisotopic (exact) mass is 286 g/mol. The largest absolute Gasteiger partial charge is 0.493 e. The van der Waals surface area contributed by atoms with E-state index >= 15 is 0 Å². The second kappa shape index (κ2) is 7.39. The highest BCUT2D eigenvalue weighted by Crippen LogP contribution is 2.23. The van der Waals surface area contributed by atoms with Gasteiger partial charge in [0.1, 0.15) is 5.75 Å². The Labute approximate surface area is 121 Å². The Kier molecular flexibility index (Phi) is 6.91. The van der Waals surface area contributed by atoms with Crippen molar-refractivity contribution in [1.82, 2.24) is 0 Å². The van der Waals surface area contributed by atoms with Gasteiger partial charge >= 0.3 is 5.97 Å². The normalized spacial score (nSPS) is 10.7. The lowest BCUT2D eigenvalue weighted by Gasteiger charge is -2.19. The quantitative estimate of drug-likeness (QED) is 0.804. The summed E-state index contributed by atoms with van der Waals surface area (Å²) in [6.07, 6.45) is 1.36. The number of aryl methyl sites for hydroxylation is 2. The minimum absolute atomic E-state index is 0.